The number of hydrogen-bond acceptors (Lipinski definition) is 4. The highest BCUT2D eigenvalue weighted by molar-refractivity contribution is 9.10. The highest BCUT2D eigenvalue weighted by Crippen LogP contribution is 2.17. The second-order valence-corrected chi connectivity index (χ2v) is 5.46. The number of carbonyl (C=O) groups is 2. The molecule has 0 aromatic heterocycles. The molecule has 0 aliphatic carbocycles. The number of esters is 1. The first-order valence-electron chi connectivity index (χ1n) is 5.88. The van der Waals surface area contributed by atoms with E-state index in [1.165, 1.54) is 6.07 Å². The zero-order valence-electron chi connectivity index (χ0n) is 10.9. The maximum absolute atomic E-state index is 11.7. The summed E-state index contributed by atoms with van der Waals surface area (Å²) in [5.41, 5.74) is 6.38. The van der Waals surface area contributed by atoms with Crippen LogP contribution in [0, 0.1) is 5.92 Å². The predicted molar refractivity (Wildman–Crippen MR) is 76.7 cm³/mol. The lowest BCUT2D eigenvalue weighted by Crippen LogP contribution is -2.31. The number of halogens is 1. The Morgan fingerprint density at radius 3 is 2.63 bits per heavy atom. The molecule has 0 aliphatic rings. The first-order chi connectivity index (χ1) is 8.88. The summed E-state index contributed by atoms with van der Waals surface area (Å²) >= 11 is 3.24. The van der Waals surface area contributed by atoms with Crippen molar-refractivity contribution in [1.82, 2.24) is 5.32 Å². The number of rotatable bonds is 5. The van der Waals surface area contributed by atoms with Gasteiger partial charge in [0.25, 0.3) is 5.91 Å². The minimum absolute atomic E-state index is 0.294. The monoisotopic (exact) mass is 328 g/mol. The zero-order valence-corrected chi connectivity index (χ0v) is 12.5. The Bertz CT molecular complexity index is 455. The van der Waals surface area contributed by atoms with Crippen molar-refractivity contribution in [3.8, 4) is 0 Å². The highest BCUT2D eigenvalue weighted by atomic mass is 79.9. The lowest BCUT2D eigenvalue weighted by molar-refractivity contribution is -0.124. The van der Waals surface area contributed by atoms with E-state index in [4.69, 9.17) is 10.5 Å². The molecule has 0 aliphatic heterocycles. The largest absolute Gasteiger partial charge is 0.452 e. The molecule has 0 radical (unpaired) electrons. The van der Waals surface area contributed by atoms with Crippen molar-refractivity contribution in [3.63, 3.8) is 0 Å². The van der Waals surface area contributed by atoms with Crippen molar-refractivity contribution in [2.75, 3.05) is 18.9 Å². The van der Waals surface area contributed by atoms with Gasteiger partial charge in [0.05, 0.1) is 5.56 Å². The van der Waals surface area contributed by atoms with Crippen molar-refractivity contribution in [2.45, 2.75) is 13.8 Å². The van der Waals surface area contributed by atoms with E-state index in [2.05, 4.69) is 21.2 Å². The second-order valence-electron chi connectivity index (χ2n) is 4.55. The van der Waals surface area contributed by atoms with Crippen molar-refractivity contribution < 1.29 is 14.3 Å². The molecule has 0 atom stereocenters. The normalized spacial score (nSPS) is 10.3. The molecule has 0 heterocycles. The lowest BCUT2D eigenvalue weighted by atomic mass is 10.2. The summed E-state index contributed by atoms with van der Waals surface area (Å²) in [6.45, 7) is 4.23. The molecule has 6 heteroatoms. The fourth-order valence-electron chi connectivity index (χ4n) is 1.31. The molecule has 0 spiro atoms. The van der Waals surface area contributed by atoms with Crippen LogP contribution in [-0.4, -0.2) is 25.0 Å². The van der Waals surface area contributed by atoms with Crippen LogP contribution in [0.15, 0.2) is 22.7 Å². The summed E-state index contributed by atoms with van der Waals surface area (Å²) in [4.78, 5) is 23.1. The van der Waals surface area contributed by atoms with Crippen LogP contribution in [0.1, 0.15) is 24.2 Å². The molecule has 19 heavy (non-hydrogen) atoms. The Kier molecular flexibility index (Phi) is 5.82. The van der Waals surface area contributed by atoms with E-state index >= 15 is 0 Å². The van der Waals surface area contributed by atoms with Crippen LogP contribution in [0.2, 0.25) is 0 Å². The van der Waals surface area contributed by atoms with Gasteiger partial charge in [-0.25, -0.2) is 4.79 Å². The van der Waals surface area contributed by atoms with Gasteiger partial charge in [-0.2, -0.15) is 0 Å². The van der Waals surface area contributed by atoms with Crippen molar-refractivity contribution >= 4 is 33.5 Å². The van der Waals surface area contributed by atoms with Gasteiger partial charge in [-0.05, 0) is 24.1 Å². The number of amides is 1. The van der Waals surface area contributed by atoms with E-state index < -0.39 is 5.97 Å². The third-order valence-electron chi connectivity index (χ3n) is 2.20. The fourth-order valence-corrected chi connectivity index (χ4v) is 1.82. The Morgan fingerprint density at radius 1 is 1.37 bits per heavy atom. The van der Waals surface area contributed by atoms with Crippen molar-refractivity contribution in [1.29, 1.82) is 0 Å². The fraction of sp³-hybridized carbons (Fsp3) is 0.385. The van der Waals surface area contributed by atoms with Gasteiger partial charge in [-0.1, -0.05) is 29.8 Å². The van der Waals surface area contributed by atoms with Crippen LogP contribution in [-0.2, 0) is 9.53 Å². The average molecular weight is 329 g/mol. The molecule has 0 unspecified atom stereocenters. The van der Waals surface area contributed by atoms with Gasteiger partial charge in [-0.3, -0.25) is 4.79 Å². The molecule has 5 nitrogen and oxygen atoms in total. The van der Waals surface area contributed by atoms with Crippen LogP contribution in [0.5, 0.6) is 0 Å². The second kappa shape index (κ2) is 7.13. The number of hydrogen-bond donors (Lipinski definition) is 2. The first-order valence-corrected chi connectivity index (χ1v) is 6.67. The molecule has 1 rings (SSSR count). The van der Waals surface area contributed by atoms with E-state index in [0.717, 1.165) is 0 Å². The molecule has 0 saturated heterocycles. The number of nitrogens with one attached hydrogen (secondary N) is 1. The summed E-state index contributed by atoms with van der Waals surface area (Å²) in [5.74, 6) is -0.540. The van der Waals surface area contributed by atoms with E-state index in [-0.39, 0.29) is 12.5 Å². The summed E-state index contributed by atoms with van der Waals surface area (Å²) in [6.07, 6.45) is 0. The molecule has 1 amide bonds. The Labute approximate surface area is 120 Å². The summed E-state index contributed by atoms with van der Waals surface area (Å²) in [6, 6.07) is 4.76. The van der Waals surface area contributed by atoms with Gasteiger partial charge in [0.15, 0.2) is 6.61 Å². The number of ether oxygens (including phenoxy) is 1. The predicted octanol–water partition coefficient (Wildman–Crippen LogP) is 1.96. The van der Waals surface area contributed by atoms with E-state index in [1.54, 1.807) is 12.1 Å². The van der Waals surface area contributed by atoms with Crippen molar-refractivity contribution in [3.05, 3.63) is 28.2 Å². The molecular formula is C13H17BrN2O3. The molecule has 1 aromatic rings. The minimum atomic E-state index is -0.576. The maximum atomic E-state index is 11.7. The highest BCUT2D eigenvalue weighted by Gasteiger charge is 2.11. The molecule has 3 N–H and O–H groups in total. The van der Waals surface area contributed by atoms with Crippen LogP contribution >= 0.6 is 15.9 Å². The molecule has 1 aromatic carbocycles. The number of carbonyl (C=O) groups excluding carboxylic acids is 2. The number of nitrogens with two attached hydrogens (primary N) is 1. The third kappa shape index (κ3) is 5.74. The van der Waals surface area contributed by atoms with Crippen LogP contribution < -0.4 is 11.1 Å². The SMILES string of the molecule is CC(C)CNC(=O)COC(=O)c1cc(N)cc(Br)c1. The quantitative estimate of drug-likeness (QED) is 0.639. The average Bonchev–Trinajstić information content (AvgIpc) is 2.32. The standard InChI is InChI=1S/C13H17BrN2O3/c1-8(2)6-16-12(17)7-19-13(18)9-3-10(14)5-11(15)4-9/h3-5,8H,6-7,15H2,1-2H3,(H,16,17). The van der Waals surface area contributed by atoms with Crippen LogP contribution in [0.25, 0.3) is 0 Å². The Hall–Kier alpha value is -1.56. The van der Waals surface area contributed by atoms with E-state index in [0.29, 0.717) is 28.2 Å². The van der Waals surface area contributed by atoms with Gasteiger partial charge >= 0.3 is 5.97 Å². The van der Waals surface area contributed by atoms with Gasteiger partial charge in [-0.15, -0.1) is 0 Å². The van der Waals surface area contributed by atoms with Crippen LogP contribution in [0.3, 0.4) is 0 Å². The van der Waals surface area contributed by atoms with E-state index in [9.17, 15) is 9.59 Å². The Morgan fingerprint density at radius 2 is 2.05 bits per heavy atom. The van der Waals surface area contributed by atoms with Gasteiger partial charge < -0.3 is 15.8 Å². The van der Waals surface area contributed by atoms with E-state index in [1.807, 2.05) is 13.8 Å². The number of benzene rings is 1. The smallest absolute Gasteiger partial charge is 0.338 e. The topological polar surface area (TPSA) is 81.4 Å². The summed E-state index contributed by atoms with van der Waals surface area (Å²) < 4.78 is 5.59. The summed E-state index contributed by atoms with van der Waals surface area (Å²) in [7, 11) is 0. The van der Waals surface area contributed by atoms with Gasteiger partial charge in [0, 0.05) is 16.7 Å². The summed E-state index contributed by atoms with van der Waals surface area (Å²) in [5, 5.41) is 2.66. The van der Waals surface area contributed by atoms with Gasteiger partial charge in [0.1, 0.15) is 0 Å². The minimum Gasteiger partial charge on any atom is -0.452 e. The van der Waals surface area contributed by atoms with Gasteiger partial charge in [0.2, 0.25) is 0 Å². The molecule has 0 fully saturated rings. The first kappa shape index (κ1) is 15.5. The lowest BCUT2D eigenvalue weighted by Gasteiger charge is -2.08. The van der Waals surface area contributed by atoms with Crippen LogP contribution in [0.4, 0.5) is 5.69 Å². The Balaban J connectivity index is 2.49. The number of anilines is 1. The molecule has 0 saturated carbocycles. The molecule has 0 bridgehead atoms. The number of nitrogen functional groups attached to an aromatic ring is 1. The third-order valence-corrected chi connectivity index (χ3v) is 2.66. The molecule has 104 valence electrons. The zero-order chi connectivity index (χ0) is 14.4. The maximum Gasteiger partial charge on any atom is 0.338 e. The molecular weight excluding hydrogens is 312 g/mol. The van der Waals surface area contributed by atoms with Crippen molar-refractivity contribution in [2.24, 2.45) is 5.92 Å².